The average molecular weight is 529 g/mol. The van der Waals surface area contributed by atoms with Gasteiger partial charge in [0.05, 0.1) is 24.4 Å². The van der Waals surface area contributed by atoms with Crippen molar-refractivity contribution in [3.05, 3.63) is 82.9 Å². The quantitative estimate of drug-likeness (QED) is 0.176. The standard InChI is InChI=1S/C26H32O4.Sn.2H/c1-3-5-17-29-25(27)23(19-21-13-9-7-10-14-21)24(26(28)30-18-6-4-2)20-22-15-11-8-12-16-22;;;/h7-16H,3-6,17-20H2,1-2H3;;;/b24-23-;;;. The van der Waals surface area contributed by atoms with Crippen molar-refractivity contribution >= 4 is 35.8 Å². The van der Waals surface area contributed by atoms with Crippen LogP contribution in [0.4, 0.5) is 0 Å². The van der Waals surface area contributed by atoms with Crippen LogP contribution in [-0.4, -0.2) is 49.1 Å². The fourth-order valence-corrected chi connectivity index (χ4v) is 3.00. The third-order valence-electron chi connectivity index (χ3n) is 4.77. The van der Waals surface area contributed by atoms with Crippen LogP contribution in [0.15, 0.2) is 71.8 Å². The van der Waals surface area contributed by atoms with Crippen molar-refractivity contribution in [1.82, 2.24) is 0 Å². The summed E-state index contributed by atoms with van der Waals surface area (Å²) in [7, 11) is 0. The molecule has 2 aromatic rings. The van der Waals surface area contributed by atoms with Crippen LogP contribution in [0, 0.1) is 0 Å². The third kappa shape index (κ3) is 9.72. The molecule has 2 aromatic carbocycles. The van der Waals surface area contributed by atoms with Gasteiger partial charge in [-0.25, -0.2) is 9.59 Å². The Kier molecular flexibility index (Phi) is 13.6. The fourth-order valence-electron chi connectivity index (χ4n) is 3.00. The topological polar surface area (TPSA) is 52.6 Å². The van der Waals surface area contributed by atoms with Gasteiger partial charge in [0.15, 0.2) is 0 Å². The van der Waals surface area contributed by atoms with Crippen molar-refractivity contribution in [3.63, 3.8) is 0 Å². The zero-order valence-corrected chi connectivity index (χ0v) is 22.8. The molecule has 2 radical (unpaired) electrons. The first kappa shape index (κ1) is 27.0. The number of carbonyl (C=O) groups excluding carboxylic acids is 2. The van der Waals surface area contributed by atoms with Gasteiger partial charge in [0.2, 0.25) is 0 Å². The Morgan fingerprint density at radius 1 is 0.645 bits per heavy atom. The van der Waals surface area contributed by atoms with E-state index >= 15 is 0 Å². The van der Waals surface area contributed by atoms with Gasteiger partial charge in [-0.15, -0.1) is 0 Å². The minimum atomic E-state index is -0.439. The molecule has 0 aliphatic rings. The summed E-state index contributed by atoms with van der Waals surface area (Å²) in [4.78, 5) is 26.0. The van der Waals surface area contributed by atoms with Gasteiger partial charge in [0, 0.05) is 12.8 Å². The zero-order chi connectivity index (χ0) is 21.6. The van der Waals surface area contributed by atoms with E-state index in [1.165, 1.54) is 0 Å². The zero-order valence-electron chi connectivity index (χ0n) is 18.8. The predicted octanol–water partition coefficient (Wildman–Crippen LogP) is 4.54. The van der Waals surface area contributed by atoms with Gasteiger partial charge in [-0.2, -0.15) is 0 Å². The van der Waals surface area contributed by atoms with E-state index in [-0.39, 0.29) is 23.9 Å². The fraction of sp³-hybridized carbons (Fsp3) is 0.385. The van der Waals surface area contributed by atoms with Crippen LogP contribution in [0.25, 0.3) is 0 Å². The minimum absolute atomic E-state index is 0. The summed E-state index contributed by atoms with van der Waals surface area (Å²) in [6.07, 6.45) is 4.11. The van der Waals surface area contributed by atoms with Gasteiger partial charge in [-0.1, -0.05) is 87.4 Å². The number of carbonyl (C=O) groups is 2. The van der Waals surface area contributed by atoms with E-state index in [2.05, 4.69) is 0 Å². The van der Waals surface area contributed by atoms with E-state index < -0.39 is 11.9 Å². The van der Waals surface area contributed by atoms with Crippen LogP contribution in [-0.2, 0) is 31.9 Å². The Labute approximate surface area is 203 Å². The first-order chi connectivity index (χ1) is 14.7. The van der Waals surface area contributed by atoms with Crippen LogP contribution < -0.4 is 0 Å². The van der Waals surface area contributed by atoms with Gasteiger partial charge >= 0.3 is 35.8 Å². The molecule has 0 bridgehead atoms. The Balaban J connectivity index is 0.00000480. The van der Waals surface area contributed by atoms with Crippen molar-refractivity contribution < 1.29 is 19.1 Å². The number of unbranched alkanes of at least 4 members (excludes halogenated alkanes) is 2. The van der Waals surface area contributed by atoms with E-state index in [0.29, 0.717) is 37.2 Å². The van der Waals surface area contributed by atoms with E-state index in [1.54, 1.807) is 0 Å². The van der Waals surface area contributed by atoms with E-state index in [0.717, 1.165) is 36.8 Å². The first-order valence-electron chi connectivity index (χ1n) is 10.8. The van der Waals surface area contributed by atoms with Crippen LogP contribution in [0.5, 0.6) is 0 Å². The van der Waals surface area contributed by atoms with Gasteiger partial charge in [-0.3, -0.25) is 0 Å². The molecule has 0 aromatic heterocycles. The van der Waals surface area contributed by atoms with Crippen molar-refractivity contribution in [2.45, 2.75) is 52.4 Å². The number of esters is 2. The Morgan fingerprint density at radius 2 is 1.00 bits per heavy atom. The monoisotopic (exact) mass is 530 g/mol. The summed E-state index contributed by atoms with van der Waals surface area (Å²) >= 11 is 0. The van der Waals surface area contributed by atoms with Crippen LogP contribution in [0.1, 0.15) is 50.7 Å². The number of hydrogen-bond donors (Lipinski definition) is 0. The molecule has 0 atom stereocenters. The molecule has 0 amide bonds. The average Bonchev–Trinajstić information content (AvgIpc) is 2.77. The molecular formula is C26H34O4Sn. The maximum absolute atomic E-state index is 13.0. The molecule has 0 heterocycles. The second kappa shape index (κ2) is 15.7. The summed E-state index contributed by atoms with van der Waals surface area (Å²) < 4.78 is 11.0. The molecule has 0 N–H and O–H groups in total. The van der Waals surface area contributed by atoms with Crippen molar-refractivity contribution in [3.8, 4) is 0 Å². The Morgan fingerprint density at radius 3 is 1.32 bits per heavy atom. The summed E-state index contributed by atoms with van der Waals surface area (Å²) in [6, 6.07) is 19.3. The molecule has 4 nitrogen and oxygen atoms in total. The normalized spacial score (nSPS) is 11.2. The molecule has 5 heteroatoms. The van der Waals surface area contributed by atoms with Gasteiger partial charge in [-0.05, 0) is 24.0 Å². The first-order valence-corrected chi connectivity index (χ1v) is 10.8. The summed E-state index contributed by atoms with van der Waals surface area (Å²) in [5, 5.41) is 0. The Hall–Kier alpha value is -2.08. The number of benzene rings is 2. The third-order valence-corrected chi connectivity index (χ3v) is 4.77. The molecule has 0 aliphatic carbocycles. The van der Waals surface area contributed by atoms with Crippen LogP contribution >= 0.6 is 0 Å². The molecule has 0 saturated carbocycles. The molecular weight excluding hydrogens is 495 g/mol. The predicted molar refractivity (Wildman–Crippen MR) is 128 cm³/mol. The number of hydrogen-bond acceptors (Lipinski definition) is 4. The molecule has 0 fully saturated rings. The summed E-state index contributed by atoms with van der Waals surface area (Å²) in [5.74, 6) is -0.878. The summed E-state index contributed by atoms with van der Waals surface area (Å²) in [5.41, 5.74) is 2.66. The van der Waals surface area contributed by atoms with E-state index in [4.69, 9.17) is 9.47 Å². The van der Waals surface area contributed by atoms with Crippen molar-refractivity contribution in [1.29, 1.82) is 0 Å². The number of rotatable bonds is 12. The van der Waals surface area contributed by atoms with Gasteiger partial charge in [0.1, 0.15) is 0 Å². The molecule has 2 rings (SSSR count). The van der Waals surface area contributed by atoms with Crippen LogP contribution in [0.2, 0.25) is 0 Å². The van der Waals surface area contributed by atoms with E-state index in [9.17, 15) is 9.59 Å². The second-order valence-electron chi connectivity index (χ2n) is 7.26. The number of ether oxygens (including phenoxy) is 2. The van der Waals surface area contributed by atoms with Crippen molar-refractivity contribution in [2.75, 3.05) is 13.2 Å². The molecule has 0 spiro atoms. The molecule has 0 unspecified atom stereocenters. The van der Waals surface area contributed by atoms with E-state index in [1.807, 2.05) is 74.5 Å². The molecule has 166 valence electrons. The molecule has 31 heavy (non-hydrogen) atoms. The molecule has 0 saturated heterocycles. The molecule has 0 aliphatic heterocycles. The van der Waals surface area contributed by atoms with Crippen LogP contribution in [0.3, 0.4) is 0 Å². The Bertz CT molecular complexity index is 746. The second-order valence-corrected chi connectivity index (χ2v) is 7.26. The SMILES string of the molecule is CCCCOC(=O)/C(Cc1ccccc1)=C(/Cc1ccccc1)C(=O)OCCCC.[SnH2]. The van der Waals surface area contributed by atoms with Gasteiger partial charge < -0.3 is 9.47 Å². The maximum atomic E-state index is 13.0. The summed E-state index contributed by atoms with van der Waals surface area (Å²) in [6.45, 7) is 4.77. The van der Waals surface area contributed by atoms with Crippen molar-refractivity contribution in [2.24, 2.45) is 0 Å². The van der Waals surface area contributed by atoms with Gasteiger partial charge in [0.25, 0.3) is 0 Å².